The van der Waals surface area contributed by atoms with Gasteiger partial charge in [-0.3, -0.25) is 0 Å². The van der Waals surface area contributed by atoms with E-state index in [1.807, 2.05) is 6.08 Å². The van der Waals surface area contributed by atoms with E-state index < -0.39 is 43.3 Å². The molecule has 0 saturated carbocycles. The van der Waals surface area contributed by atoms with Crippen molar-refractivity contribution in [2.24, 2.45) is 0 Å². The third-order valence-electron chi connectivity index (χ3n) is 12.0. The lowest BCUT2D eigenvalue weighted by molar-refractivity contribution is -0.0783. The van der Waals surface area contributed by atoms with Gasteiger partial charge in [-0.15, -0.1) is 0 Å². The first-order valence-electron chi connectivity index (χ1n) is 18.5. The number of fused-ring (bicyclic) bond motifs is 2. The second kappa shape index (κ2) is 16.8. The molecule has 10 atom stereocenters. The first-order valence-corrected chi connectivity index (χ1v) is 27.2. The molecule has 5 aliphatic heterocycles. The fourth-order valence-corrected chi connectivity index (χ4v) is 7.84. The van der Waals surface area contributed by atoms with Crippen molar-refractivity contribution < 1.29 is 52.3 Å². The summed E-state index contributed by atoms with van der Waals surface area (Å²) in [6, 6.07) is 0. The van der Waals surface area contributed by atoms with Crippen molar-refractivity contribution in [3.8, 4) is 0 Å². The van der Waals surface area contributed by atoms with E-state index in [9.17, 15) is 15.3 Å². The third kappa shape index (κ3) is 12.0. The molecular weight excluding hydrogens is 693 g/mol. The zero-order valence-corrected chi connectivity index (χ0v) is 36.8. The fraction of sp³-hybridized carbons (Fsp3) is 0.944. The maximum absolute atomic E-state index is 9.96. The predicted molar refractivity (Wildman–Crippen MR) is 203 cm³/mol. The van der Waals surface area contributed by atoms with Crippen LogP contribution in [0, 0.1) is 0 Å². The Labute approximate surface area is 306 Å². The van der Waals surface area contributed by atoms with Crippen LogP contribution in [0.1, 0.15) is 62.3 Å². The van der Waals surface area contributed by atoms with Crippen molar-refractivity contribution in [1.82, 2.24) is 0 Å². The van der Waals surface area contributed by atoms with E-state index in [-0.39, 0.29) is 57.8 Å². The lowest BCUT2D eigenvalue weighted by Crippen LogP contribution is -2.48. The van der Waals surface area contributed by atoms with Gasteiger partial charge in [-0.1, -0.05) is 74.5 Å². The maximum Gasteiger partial charge on any atom is 0.192 e. The van der Waals surface area contributed by atoms with Gasteiger partial charge in [0.1, 0.15) is 61.0 Å². The molecular formula is C36H72O11Si3. The Kier molecular flexibility index (Phi) is 14.9. The second-order valence-electron chi connectivity index (χ2n) is 19.0. The molecule has 0 radical (unpaired) electrons. The molecule has 0 aromatic rings. The molecule has 14 heteroatoms. The summed E-state index contributed by atoms with van der Waals surface area (Å²) in [5.74, 6) is 0. The van der Waals surface area contributed by atoms with Crippen LogP contribution < -0.4 is 0 Å². The molecule has 294 valence electrons. The highest BCUT2D eigenvalue weighted by atomic mass is 28.4. The van der Waals surface area contributed by atoms with Crippen molar-refractivity contribution >= 4 is 25.0 Å². The van der Waals surface area contributed by atoms with Gasteiger partial charge in [0, 0.05) is 0 Å². The monoisotopic (exact) mass is 764 g/mol. The van der Waals surface area contributed by atoms with Crippen LogP contribution in [0.15, 0.2) is 12.2 Å². The van der Waals surface area contributed by atoms with Gasteiger partial charge in [-0.25, -0.2) is 0 Å². The van der Waals surface area contributed by atoms with Crippen LogP contribution in [0.2, 0.25) is 54.4 Å². The van der Waals surface area contributed by atoms with Gasteiger partial charge >= 0.3 is 0 Å². The molecule has 0 aromatic carbocycles. The molecule has 11 nitrogen and oxygen atoms in total. The van der Waals surface area contributed by atoms with E-state index in [4.69, 9.17) is 37.0 Å². The molecule has 0 spiro atoms. The van der Waals surface area contributed by atoms with Gasteiger partial charge in [-0.05, 0) is 54.4 Å². The highest BCUT2D eigenvalue weighted by Crippen LogP contribution is 2.40. The van der Waals surface area contributed by atoms with Gasteiger partial charge < -0.3 is 52.3 Å². The van der Waals surface area contributed by atoms with E-state index in [1.165, 1.54) is 0 Å². The molecule has 50 heavy (non-hydrogen) atoms. The SMILES string of the molecule is CC(C)(C)[Si](C)(C)OC[C@@H]1OCC=C[C@@H]1O.CC(C)(C)[Si](C)(C)OC[C@@H]1OC[C@@H]2O[C@@H]2[C@@H]1O.CC(C)(C)[Si](C)(C)OC[C@@H]1OC[C@H]2O[C@H]2[C@@H]1O. The summed E-state index contributed by atoms with van der Waals surface area (Å²) in [7, 11) is -5.25. The van der Waals surface area contributed by atoms with E-state index in [2.05, 4.69) is 102 Å². The number of hydrogen-bond acceptors (Lipinski definition) is 11. The smallest absolute Gasteiger partial charge is 0.192 e. The van der Waals surface area contributed by atoms with Crippen molar-refractivity contribution in [2.45, 2.75) is 178 Å². The van der Waals surface area contributed by atoms with E-state index >= 15 is 0 Å². The molecule has 5 heterocycles. The number of epoxide rings is 2. The average molecular weight is 765 g/mol. The molecule has 0 aromatic heterocycles. The predicted octanol–water partition coefficient (Wildman–Crippen LogP) is 5.39. The van der Waals surface area contributed by atoms with Crippen molar-refractivity contribution in [3.63, 3.8) is 0 Å². The number of hydrogen-bond donors (Lipinski definition) is 3. The highest BCUT2D eigenvalue weighted by molar-refractivity contribution is 6.74. The normalized spacial score (nSPS) is 34.4. The highest BCUT2D eigenvalue weighted by Gasteiger charge is 2.53. The van der Waals surface area contributed by atoms with E-state index in [1.54, 1.807) is 6.08 Å². The number of aliphatic hydroxyl groups is 3. The summed E-state index contributed by atoms with van der Waals surface area (Å²) in [6.07, 6.45) is 1.57. The Hall–Kier alpha value is -0.0494. The van der Waals surface area contributed by atoms with Gasteiger partial charge in [0.15, 0.2) is 25.0 Å². The molecule has 0 aliphatic carbocycles. The van der Waals surface area contributed by atoms with Crippen LogP contribution in [-0.2, 0) is 37.0 Å². The maximum atomic E-state index is 9.96. The number of rotatable bonds is 9. The fourth-order valence-electron chi connectivity index (χ4n) is 4.80. The average Bonchev–Trinajstić information content (AvgIpc) is 3.90. The quantitative estimate of drug-likeness (QED) is 0.158. The first kappa shape index (κ1) is 44.3. The second-order valence-corrected chi connectivity index (χ2v) is 33.4. The summed E-state index contributed by atoms with van der Waals surface area (Å²) in [6.45, 7) is 36.3. The van der Waals surface area contributed by atoms with Crippen LogP contribution >= 0.6 is 0 Å². The minimum atomic E-state index is -1.76. The molecule has 4 saturated heterocycles. The lowest BCUT2D eigenvalue weighted by atomic mass is 10.1. The van der Waals surface area contributed by atoms with Crippen LogP contribution in [0.4, 0.5) is 0 Å². The van der Waals surface area contributed by atoms with Crippen molar-refractivity contribution in [3.05, 3.63) is 12.2 Å². The zero-order valence-electron chi connectivity index (χ0n) is 33.8. The minimum Gasteiger partial charge on any atom is -0.414 e. The molecule has 5 rings (SSSR count). The lowest BCUT2D eigenvalue weighted by Gasteiger charge is -2.38. The van der Waals surface area contributed by atoms with Crippen molar-refractivity contribution in [2.75, 3.05) is 39.6 Å². The van der Waals surface area contributed by atoms with Crippen LogP contribution in [0.5, 0.6) is 0 Å². The van der Waals surface area contributed by atoms with E-state index in [0.29, 0.717) is 39.6 Å². The van der Waals surface area contributed by atoms with Crippen LogP contribution in [-0.4, -0.2) is 141 Å². The molecule has 5 aliphatic rings. The standard InChI is InChI=1S/2C12H24O4Si.C12H24O3Si/c2*1-12(2,3)17(4,5)15-7-8-10(13)11-9(16-11)6-14-8;1-12(2,3)16(4,5)15-9-11-10(13)7-6-8-14-11/h2*8-11,13H,6-7H2,1-5H3;6-7,10-11,13H,8-9H2,1-5H3/t8-,9+,10+,11+;8-,9-,10+,11-;10-,11-/m000/s1. The minimum absolute atomic E-state index is 0.0169. The molecule has 3 N–H and O–H groups in total. The van der Waals surface area contributed by atoms with Crippen molar-refractivity contribution in [1.29, 1.82) is 0 Å². The Bertz CT molecular complexity index is 1040. The summed E-state index contributed by atoms with van der Waals surface area (Å²) in [5.41, 5.74) is 0. The van der Waals surface area contributed by atoms with Gasteiger partial charge in [-0.2, -0.15) is 0 Å². The molecule has 0 amide bonds. The number of aliphatic hydroxyl groups excluding tert-OH is 3. The third-order valence-corrected chi connectivity index (χ3v) is 25.5. The molecule has 0 unspecified atom stereocenters. The summed E-state index contributed by atoms with van der Waals surface area (Å²) < 4.78 is 45.4. The largest absolute Gasteiger partial charge is 0.414 e. The van der Waals surface area contributed by atoms with Gasteiger partial charge in [0.25, 0.3) is 0 Å². The first-order chi connectivity index (χ1) is 22.7. The van der Waals surface area contributed by atoms with E-state index in [0.717, 1.165) is 0 Å². The number of ether oxygens (including phenoxy) is 5. The summed E-state index contributed by atoms with van der Waals surface area (Å²) in [5, 5.41) is 30.2. The van der Waals surface area contributed by atoms with Gasteiger partial charge in [0.05, 0.1) is 39.6 Å². The molecule has 4 fully saturated rings. The van der Waals surface area contributed by atoms with Gasteiger partial charge in [0.2, 0.25) is 0 Å². The molecule has 0 bridgehead atoms. The Morgan fingerprint density at radius 3 is 1.22 bits per heavy atom. The summed E-state index contributed by atoms with van der Waals surface area (Å²) >= 11 is 0. The Balaban J connectivity index is 0.000000203. The van der Waals surface area contributed by atoms with Crippen LogP contribution in [0.3, 0.4) is 0 Å². The Morgan fingerprint density at radius 1 is 0.560 bits per heavy atom. The zero-order chi connectivity index (χ0) is 38.1. The Morgan fingerprint density at radius 2 is 0.900 bits per heavy atom. The summed E-state index contributed by atoms with van der Waals surface area (Å²) in [4.78, 5) is 0. The topological polar surface area (TPSA) is 141 Å². The van der Waals surface area contributed by atoms with Crippen LogP contribution in [0.25, 0.3) is 0 Å².